The molecule has 5 nitrogen and oxygen atoms in total. The minimum atomic E-state index is -3.67. The maximum absolute atomic E-state index is 12.6. The van der Waals surface area contributed by atoms with Crippen LogP contribution in [0, 0.1) is 11.3 Å². The van der Waals surface area contributed by atoms with E-state index in [0.29, 0.717) is 8.95 Å². The van der Waals surface area contributed by atoms with E-state index in [4.69, 9.17) is 10.00 Å². The van der Waals surface area contributed by atoms with Gasteiger partial charge in [-0.25, -0.2) is 8.42 Å². The van der Waals surface area contributed by atoms with Crippen LogP contribution in [0.2, 0.25) is 0 Å². The maximum Gasteiger partial charge on any atom is 0.244 e. The average Bonchev–Trinajstić information content (AvgIpc) is 2.41. The lowest BCUT2D eigenvalue weighted by Gasteiger charge is -2.21. The van der Waals surface area contributed by atoms with Crippen LogP contribution in [0.5, 0.6) is 0 Å². The Morgan fingerprint density at radius 1 is 1.35 bits per heavy atom. The van der Waals surface area contributed by atoms with Crippen LogP contribution in [0.25, 0.3) is 0 Å². The second-order valence-electron chi connectivity index (χ2n) is 3.88. The number of hydrogen-bond acceptors (Lipinski definition) is 4. The van der Waals surface area contributed by atoms with Gasteiger partial charge in [0.15, 0.2) is 0 Å². The van der Waals surface area contributed by atoms with Gasteiger partial charge in [-0.2, -0.15) is 9.57 Å². The normalized spacial score (nSPS) is 11.6. The molecular weight excluding hydrogens is 412 g/mol. The molecule has 0 aromatic heterocycles. The quantitative estimate of drug-likeness (QED) is 0.673. The fourth-order valence-electron chi connectivity index (χ4n) is 1.53. The third-order valence-corrected chi connectivity index (χ3v) is 5.91. The zero-order valence-electron chi connectivity index (χ0n) is 10.8. The molecule has 0 aliphatic carbocycles. The van der Waals surface area contributed by atoms with Crippen molar-refractivity contribution in [1.29, 1.82) is 5.26 Å². The Morgan fingerprint density at radius 2 is 2.05 bits per heavy atom. The first-order chi connectivity index (χ1) is 9.43. The van der Waals surface area contributed by atoms with Gasteiger partial charge in [-0.05, 0) is 34.1 Å². The van der Waals surface area contributed by atoms with E-state index >= 15 is 0 Å². The Kier molecular flexibility index (Phi) is 7.12. The number of ether oxygens (including phenoxy) is 1. The Hall–Kier alpha value is -0.460. The molecule has 0 bridgehead atoms. The molecule has 0 aliphatic rings. The zero-order chi connectivity index (χ0) is 15.2. The van der Waals surface area contributed by atoms with E-state index in [-0.39, 0.29) is 31.0 Å². The van der Waals surface area contributed by atoms with E-state index in [1.807, 2.05) is 6.07 Å². The molecule has 1 aromatic rings. The first-order valence-corrected chi connectivity index (χ1v) is 8.77. The van der Waals surface area contributed by atoms with Gasteiger partial charge in [0.1, 0.15) is 0 Å². The number of hydrogen-bond donors (Lipinski definition) is 0. The fourth-order valence-corrected chi connectivity index (χ4v) is 4.42. The number of sulfonamides is 1. The summed E-state index contributed by atoms with van der Waals surface area (Å²) in [7, 11) is -2.17. The van der Waals surface area contributed by atoms with Crippen LogP contribution in [-0.2, 0) is 14.8 Å². The summed E-state index contributed by atoms with van der Waals surface area (Å²) in [5.41, 5.74) is 0. The number of benzene rings is 1. The molecule has 1 aromatic carbocycles. The van der Waals surface area contributed by atoms with Crippen molar-refractivity contribution in [2.45, 2.75) is 11.3 Å². The monoisotopic (exact) mass is 424 g/mol. The van der Waals surface area contributed by atoms with Crippen molar-refractivity contribution in [1.82, 2.24) is 4.31 Å². The first-order valence-electron chi connectivity index (χ1n) is 5.74. The molecule has 0 spiro atoms. The van der Waals surface area contributed by atoms with Crippen LogP contribution in [0.15, 0.2) is 32.0 Å². The van der Waals surface area contributed by atoms with E-state index in [1.165, 1.54) is 17.5 Å². The van der Waals surface area contributed by atoms with E-state index in [1.54, 1.807) is 12.1 Å². The molecule has 0 fully saturated rings. The Bertz CT molecular complexity index is 599. The van der Waals surface area contributed by atoms with Crippen LogP contribution >= 0.6 is 31.9 Å². The van der Waals surface area contributed by atoms with Gasteiger partial charge in [-0.15, -0.1) is 0 Å². The molecular formula is C12H14Br2N2O3S. The molecule has 0 saturated carbocycles. The summed E-state index contributed by atoms with van der Waals surface area (Å²) in [6.07, 6.45) is 0.133. The molecule has 0 amide bonds. The maximum atomic E-state index is 12.6. The first kappa shape index (κ1) is 17.6. The smallest absolute Gasteiger partial charge is 0.244 e. The van der Waals surface area contributed by atoms with E-state index < -0.39 is 10.0 Å². The summed E-state index contributed by atoms with van der Waals surface area (Å²) in [4.78, 5) is 0.168. The van der Waals surface area contributed by atoms with Crippen LogP contribution in [0.4, 0.5) is 0 Å². The largest absolute Gasteiger partial charge is 0.383 e. The summed E-state index contributed by atoms with van der Waals surface area (Å²) >= 11 is 6.51. The second kappa shape index (κ2) is 8.10. The van der Waals surface area contributed by atoms with Gasteiger partial charge in [-0.3, -0.25) is 0 Å². The number of halogens is 2. The van der Waals surface area contributed by atoms with Crippen molar-refractivity contribution in [3.8, 4) is 6.07 Å². The Morgan fingerprint density at radius 3 is 2.65 bits per heavy atom. The number of rotatable bonds is 7. The highest BCUT2D eigenvalue weighted by molar-refractivity contribution is 9.11. The van der Waals surface area contributed by atoms with Gasteiger partial charge in [0.05, 0.1) is 17.6 Å². The molecule has 0 radical (unpaired) electrons. The average molecular weight is 426 g/mol. The minimum Gasteiger partial charge on any atom is -0.383 e. The van der Waals surface area contributed by atoms with Crippen molar-refractivity contribution < 1.29 is 13.2 Å². The molecule has 0 heterocycles. The van der Waals surface area contributed by atoms with Crippen LogP contribution < -0.4 is 0 Å². The van der Waals surface area contributed by atoms with Crippen LogP contribution in [-0.4, -0.2) is 39.5 Å². The predicted molar refractivity (Wildman–Crippen MR) is 82.7 cm³/mol. The van der Waals surface area contributed by atoms with Gasteiger partial charge < -0.3 is 4.74 Å². The van der Waals surface area contributed by atoms with Gasteiger partial charge in [0.2, 0.25) is 10.0 Å². The van der Waals surface area contributed by atoms with E-state index in [9.17, 15) is 8.42 Å². The minimum absolute atomic E-state index is 0.133. The van der Waals surface area contributed by atoms with E-state index in [2.05, 4.69) is 31.9 Å². The van der Waals surface area contributed by atoms with Crippen LogP contribution in [0.3, 0.4) is 0 Å². The van der Waals surface area contributed by atoms with Crippen molar-refractivity contribution in [2.24, 2.45) is 0 Å². The molecule has 1 rings (SSSR count). The zero-order valence-corrected chi connectivity index (χ0v) is 14.8. The topological polar surface area (TPSA) is 70.4 Å². The molecule has 0 N–H and O–H groups in total. The number of nitriles is 1. The Balaban J connectivity index is 3.14. The van der Waals surface area contributed by atoms with Gasteiger partial charge in [0, 0.05) is 35.6 Å². The third kappa shape index (κ3) is 4.53. The lowest BCUT2D eigenvalue weighted by molar-refractivity contribution is 0.179. The van der Waals surface area contributed by atoms with Crippen molar-refractivity contribution in [2.75, 3.05) is 26.8 Å². The van der Waals surface area contributed by atoms with Crippen molar-refractivity contribution in [3.05, 3.63) is 27.1 Å². The van der Waals surface area contributed by atoms with Gasteiger partial charge in [0.25, 0.3) is 0 Å². The number of nitrogens with zero attached hydrogens (tertiary/aromatic N) is 2. The molecule has 0 atom stereocenters. The summed E-state index contributed by atoms with van der Waals surface area (Å²) in [5, 5.41) is 8.66. The van der Waals surface area contributed by atoms with E-state index in [0.717, 1.165) is 0 Å². The molecule has 0 saturated heterocycles. The second-order valence-corrected chi connectivity index (χ2v) is 7.56. The molecule has 110 valence electrons. The number of methoxy groups -OCH3 is 1. The summed E-state index contributed by atoms with van der Waals surface area (Å²) in [6, 6.07) is 6.90. The summed E-state index contributed by atoms with van der Waals surface area (Å²) in [6.45, 7) is 0.622. The van der Waals surface area contributed by atoms with Gasteiger partial charge >= 0.3 is 0 Å². The highest BCUT2D eigenvalue weighted by atomic mass is 79.9. The van der Waals surface area contributed by atoms with Crippen molar-refractivity contribution >= 4 is 41.9 Å². The predicted octanol–water partition coefficient (Wildman–Crippen LogP) is 2.76. The Labute approximate surface area is 135 Å². The molecule has 8 heteroatoms. The highest BCUT2D eigenvalue weighted by Crippen LogP contribution is 2.28. The van der Waals surface area contributed by atoms with Gasteiger partial charge in [-0.1, -0.05) is 15.9 Å². The SMILES string of the molecule is COCCN(CCC#N)S(=O)(=O)c1cc(Br)ccc1Br. The lowest BCUT2D eigenvalue weighted by Crippen LogP contribution is -2.35. The van der Waals surface area contributed by atoms with Crippen molar-refractivity contribution in [3.63, 3.8) is 0 Å². The molecule has 20 heavy (non-hydrogen) atoms. The summed E-state index contributed by atoms with van der Waals surface area (Å²) < 4.78 is 32.6. The molecule has 0 aliphatic heterocycles. The fraction of sp³-hybridized carbons (Fsp3) is 0.417. The molecule has 0 unspecified atom stereocenters. The standard InChI is InChI=1S/C12H14Br2N2O3S/c1-19-8-7-16(6-2-5-15)20(17,18)12-9-10(13)3-4-11(12)14/h3-4,9H,2,6-8H2,1H3. The van der Waals surface area contributed by atoms with Crippen LogP contribution in [0.1, 0.15) is 6.42 Å². The summed E-state index contributed by atoms with van der Waals surface area (Å²) in [5.74, 6) is 0. The highest BCUT2D eigenvalue weighted by Gasteiger charge is 2.26. The lowest BCUT2D eigenvalue weighted by atomic mass is 10.4. The third-order valence-electron chi connectivity index (χ3n) is 2.53.